The number of pyridine rings is 1. The second-order valence-corrected chi connectivity index (χ2v) is 4.90. The van der Waals surface area contributed by atoms with E-state index < -0.39 is 46.4 Å². The fourth-order valence-corrected chi connectivity index (χ4v) is 2.03. The summed E-state index contributed by atoms with van der Waals surface area (Å²) in [5.41, 5.74) is -3.94. The molecule has 6 nitrogen and oxygen atoms in total. The predicted octanol–water partition coefficient (Wildman–Crippen LogP) is 2.70. The number of carboxylic acids is 2. The molecule has 2 N–H and O–H groups in total. The molecule has 0 saturated carbocycles. The van der Waals surface area contributed by atoms with Crippen LogP contribution in [0.15, 0.2) is 0 Å². The minimum Gasteiger partial charge on any atom is -0.480 e. The molecule has 0 spiro atoms. The number of carboxylic acid groups (broad SMARTS) is 2. The maximum atomic E-state index is 13.0. The molecule has 1 heterocycles. The molecule has 0 bridgehead atoms. The van der Waals surface area contributed by atoms with E-state index in [1.807, 2.05) is 0 Å². The van der Waals surface area contributed by atoms with Gasteiger partial charge < -0.3 is 14.9 Å². The third kappa shape index (κ3) is 3.46. The summed E-state index contributed by atoms with van der Waals surface area (Å²) in [4.78, 5) is 25.7. The van der Waals surface area contributed by atoms with Crippen molar-refractivity contribution in [1.29, 1.82) is 0 Å². The van der Waals surface area contributed by atoms with E-state index in [0.717, 1.165) is 7.11 Å². The smallest absolute Gasteiger partial charge is 0.434 e. The Balaban J connectivity index is 3.92. The zero-order chi connectivity index (χ0) is 17.2. The van der Waals surface area contributed by atoms with Crippen LogP contribution in [0.1, 0.15) is 45.8 Å². The lowest BCUT2D eigenvalue weighted by atomic mass is 9.92. The Morgan fingerprint density at radius 2 is 1.68 bits per heavy atom. The summed E-state index contributed by atoms with van der Waals surface area (Å²) < 4.78 is 43.8. The molecular weight excluding hydrogens is 307 g/mol. The van der Waals surface area contributed by atoms with E-state index in [9.17, 15) is 27.9 Å². The van der Waals surface area contributed by atoms with Crippen molar-refractivity contribution in [3.05, 3.63) is 22.4 Å². The van der Waals surface area contributed by atoms with E-state index in [0.29, 0.717) is 0 Å². The summed E-state index contributed by atoms with van der Waals surface area (Å²) >= 11 is 0. The van der Waals surface area contributed by atoms with Crippen LogP contribution in [0.5, 0.6) is 5.88 Å². The fourth-order valence-electron chi connectivity index (χ4n) is 2.03. The molecule has 122 valence electrons. The normalized spacial score (nSPS) is 11.6. The quantitative estimate of drug-likeness (QED) is 0.865. The largest absolute Gasteiger partial charge is 0.480 e. The van der Waals surface area contributed by atoms with E-state index in [4.69, 9.17) is 5.11 Å². The predicted molar refractivity (Wildman–Crippen MR) is 68.3 cm³/mol. The third-order valence-corrected chi connectivity index (χ3v) is 2.77. The minimum atomic E-state index is -5.05. The van der Waals surface area contributed by atoms with Crippen LogP contribution in [0, 0.1) is 5.92 Å². The molecule has 0 radical (unpaired) electrons. The topological polar surface area (TPSA) is 96.7 Å². The number of ether oxygens (including phenoxy) is 1. The lowest BCUT2D eigenvalue weighted by Gasteiger charge is -2.19. The van der Waals surface area contributed by atoms with Crippen LogP contribution >= 0.6 is 0 Å². The van der Waals surface area contributed by atoms with Gasteiger partial charge in [-0.05, 0) is 17.9 Å². The molecule has 1 rings (SSSR count). The zero-order valence-corrected chi connectivity index (χ0v) is 12.0. The van der Waals surface area contributed by atoms with Crippen LogP contribution in [0.3, 0.4) is 0 Å². The molecule has 0 saturated heterocycles. The Morgan fingerprint density at radius 3 is 2.00 bits per heavy atom. The summed E-state index contributed by atoms with van der Waals surface area (Å²) in [6.07, 6.45) is -5.23. The molecule has 0 fully saturated rings. The lowest BCUT2D eigenvalue weighted by Crippen LogP contribution is -2.22. The molecule has 1 aromatic heterocycles. The van der Waals surface area contributed by atoms with Crippen LogP contribution < -0.4 is 4.74 Å². The van der Waals surface area contributed by atoms with Crippen molar-refractivity contribution in [3.63, 3.8) is 0 Å². The Hall–Kier alpha value is -2.32. The highest BCUT2D eigenvalue weighted by atomic mass is 19.4. The standard InChI is InChI=1S/C13H14F3NO5/c1-5(2)4-6-7(11(18)19)9(13(14,15)16)17-10(22-3)8(6)12(20)21/h5H,4H2,1-3H3,(H,18,19)(H,20,21). The van der Waals surface area contributed by atoms with Gasteiger partial charge >= 0.3 is 18.1 Å². The molecule has 0 aliphatic carbocycles. The monoisotopic (exact) mass is 321 g/mol. The molecule has 0 aromatic carbocycles. The number of halogens is 3. The number of hydrogen-bond donors (Lipinski definition) is 2. The molecule has 0 aliphatic rings. The SMILES string of the molecule is COc1nc(C(F)(F)F)c(C(=O)O)c(CC(C)C)c1C(=O)O. The van der Waals surface area contributed by atoms with Gasteiger partial charge in [0.1, 0.15) is 5.56 Å². The first-order valence-corrected chi connectivity index (χ1v) is 6.15. The number of nitrogens with zero attached hydrogens (tertiary/aromatic N) is 1. The van der Waals surface area contributed by atoms with Gasteiger partial charge in [-0.15, -0.1) is 0 Å². The van der Waals surface area contributed by atoms with Gasteiger partial charge in [0.25, 0.3) is 0 Å². The van der Waals surface area contributed by atoms with E-state index in [1.54, 1.807) is 13.8 Å². The van der Waals surface area contributed by atoms with E-state index >= 15 is 0 Å². The highest BCUT2D eigenvalue weighted by molar-refractivity contribution is 5.99. The summed E-state index contributed by atoms with van der Waals surface area (Å²) in [5.74, 6) is -4.53. The summed E-state index contributed by atoms with van der Waals surface area (Å²) in [7, 11) is 0.967. The molecule has 0 amide bonds. The molecule has 0 aliphatic heterocycles. The number of aromatic nitrogens is 1. The van der Waals surface area contributed by atoms with Crippen LogP contribution in [0.2, 0.25) is 0 Å². The summed E-state index contributed by atoms with van der Waals surface area (Å²) in [5, 5.41) is 18.3. The zero-order valence-electron chi connectivity index (χ0n) is 12.0. The van der Waals surface area contributed by atoms with Crippen LogP contribution in [-0.2, 0) is 12.6 Å². The van der Waals surface area contributed by atoms with Crippen molar-refractivity contribution in [2.24, 2.45) is 5.92 Å². The van der Waals surface area contributed by atoms with Crippen LogP contribution in [0.25, 0.3) is 0 Å². The Morgan fingerprint density at radius 1 is 1.18 bits per heavy atom. The second-order valence-electron chi connectivity index (χ2n) is 4.90. The van der Waals surface area contributed by atoms with Gasteiger partial charge in [-0.25, -0.2) is 14.6 Å². The Kier molecular flexibility index (Phi) is 5.00. The number of aromatic carboxylic acids is 2. The second kappa shape index (κ2) is 6.20. The van der Waals surface area contributed by atoms with E-state index in [2.05, 4.69) is 9.72 Å². The lowest BCUT2D eigenvalue weighted by molar-refractivity contribution is -0.142. The van der Waals surface area contributed by atoms with Crippen LogP contribution in [-0.4, -0.2) is 34.2 Å². The van der Waals surface area contributed by atoms with Gasteiger partial charge in [-0.1, -0.05) is 13.8 Å². The van der Waals surface area contributed by atoms with Gasteiger partial charge in [-0.2, -0.15) is 13.2 Å². The first-order valence-electron chi connectivity index (χ1n) is 6.15. The molecule has 0 atom stereocenters. The van der Waals surface area contributed by atoms with Crippen molar-refractivity contribution in [1.82, 2.24) is 4.98 Å². The van der Waals surface area contributed by atoms with Gasteiger partial charge in [0.2, 0.25) is 5.88 Å². The van der Waals surface area contributed by atoms with Crippen molar-refractivity contribution in [2.45, 2.75) is 26.4 Å². The Bertz CT molecular complexity index is 611. The summed E-state index contributed by atoms with van der Waals surface area (Å²) in [6, 6.07) is 0. The molecular formula is C13H14F3NO5. The number of rotatable bonds is 5. The third-order valence-electron chi connectivity index (χ3n) is 2.77. The minimum absolute atomic E-state index is 0.175. The molecule has 22 heavy (non-hydrogen) atoms. The first kappa shape index (κ1) is 17.7. The molecule has 0 unspecified atom stereocenters. The molecule has 1 aromatic rings. The fraction of sp³-hybridized carbons (Fsp3) is 0.462. The van der Waals surface area contributed by atoms with E-state index in [1.165, 1.54) is 0 Å². The maximum absolute atomic E-state index is 13.0. The highest BCUT2D eigenvalue weighted by Gasteiger charge is 2.41. The number of hydrogen-bond acceptors (Lipinski definition) is 4. The van der Waals surface area contributed by atoms with Crippen molar-refractivity contribution >= 4 is 11.9 Å². The summed E-state index contributed by atoms with van der Waals surface area (Å²) in [6.45, 7) is 3.24. The van der Waals surface area contributed by atoms with Gasteiger partial charge in [0.15, 0.2) is 5.69 Å². The van der Waals surface area contributed by atoms with Crippen molar-refractivity contribution in [3.8, 4) is 5.88 Å². The van der Waals surface area contributed by atoms with Gasteiger partial charge in [0.05, 0.1) is 12.7 Å². The Labute approximate surface area is 123 Å². The number of methoxy groups -OCH3 is 1. The molecule has 9 heteroatoms. The van der Waals surface area contributed by atoms with Crippen molar-refractivity contribution in [2.75, 3.05) is 7.11 Å². The number of carbonyl (C=O) groups is 2. The van der Waals surface area contributed by atoms with Gasteiger partial charge in [-0.3, -0.25) is 0 Å². The van der Waals surface area contributed by atoms with Gasteiger partial charge in [0, 0.05) is 0 Å². The van der Waals surface area contributed by atoms with E-state index in [-0.39, 0.29) is 12.3 Å². The first-order chi connectivity index (χ1) is 10.0. The highest BCUT2D eigenvalue weighted by Crippen LogP contribution is 2.37. The number of alkyl halides is 3. The maximum Gasteiger partial charge on any atom is 0.434 e. The average Bonchev–Trinajstić information content (AvgIpc) is 2.34. The van der Waals surface area contributed by atoms with Crippen molar-refractivity contribution < 1.29 is 37.7 Å². The van der Waals surface area contributed by atoms with Crippen LogP contribution in [0.4, 0.5) is 13.2 Å². The average molecular weight is 321 g/mol.